The number of nitro benzene ring substituents is 1. The van der Waals surface area contributed by atoms with E-state index >= 15 is 0 Å². The van der Waals surface area contributed by atoms with Crippen LogP contribution in [0.5, 0.6) is 0 Å². The van der Waals surface area contributed by atoms with Crippen molar-refractivity contribution in [3.05, 3.63) is 39.9 Å². The van der Waals surface area contributed by atoms with Crippen LogP contribution in [0.1, 0.15) is 36.0 Å². The van der Waals surface area contributed by atoms with Crippen molar-refractivity contribution < 1.29 is 9.72 Å². The minimum absolute atomic E-state index is 0.0157. The summed E-state index contributed by atoms with van der Waals surface area (Å²) in [6.07, 6.45) is 3.76. The van der Waals surface area contributed by atoms with Gasteiger partial charge in [-0.2, -0.15) is 5.26 Å². The fourth-order valence-corrected chi connectivity index (χ4v) is 2.63. The van der Waals surface area contributed by atoms with Crippen LogP contribution in [0.3, 0.4) is 0 Å². The molecule has 1 aromatic carbocycles. The van der Waals surface area contributed by atoms with Gasteiger partial charge < -0.3 is 4.90 Å². The van der Waals surface area contributed by atoms with Gasteiger partial charge in [0.1, 0.15) is 12.1 Å². The minimum Gasteiger partial charge on any atom is -0.322 e. The van der Waals surface area contributed by atoms with Crippen LogP contribution in [0.4, 0.5) is 5.69 Å². The summed E-state index contributed by atoms with van der Waals surface area (Å²) in [6.45, 7) is -0.0322. The van der Waals surface area contributed by atoms with Crippen LogP contribution in [0.2, 0.25) is 0 Å². The molecule has 104 valence electrons. The Bertz CT molecular complexity index is 559. The van der Waals surface area contributed by atoms with Crippen LogP contribution in [0.15, 0.2) is 24.3 Å². The number of carbonyl (C=O) groups is 1. The molecule has 1 amide bonds. The first-order valence-corrected chi connectivity index (χ1v) is 6.56. The SMILES string of the molecule is N#CCN(C(=O)c1ccccc1[N+](=O)[O-])C1CCCC1. The molecule has 0 saturated heterocycles. The second kappa shape index (κ2) is 6.15. The van der Waals surface area contributed by atoms with Crippen LogP contribution >= 0.6 is 0 Å². The molecule has 6 heteroatoms. The van der Waals surface area contributed by atoms with Gasteiger partial charge in [-0.05, 0) is 18.9 Å². The number of amides is 1. The molecule has 1 aliphatic rings. The number of para-hydroxylation sites is 1. The molecular formula is C14H15N3O3. The van der Waals surface area contributed by atoms with Crippen molar-refractivity contribution in [1.82, 2.24) is 4.90 Å². The second-order valence-corrected chi connectivity index (χ2v) is 4.80. The molecule has 1 saturated carbocycles. The summed E-state index contributed by atoms with van der Waals surface area (Å²) in [5.74, 6) is -0.425. The molecule has 2 rings (SSSR count). The van der Waals surface area contributed by atoms with Gasteiger partial charge in [-0.15, -0.1) is 0 Å². The van der Waals surface area contributed by atoms with E-state index < -0.39 is 10.8 Å². The maximum Gasteiger partial charge on any atom is 0.282 e. The summed E-state index contributed by atoms with van der Waals surface area (Å²) in [4.78, 5) is 24.4. The Labute approximate surface area is 116 Å². The first kappa shape index (κ1) is 14.0. The average molecular weight is 273 g/mol. The van der Waals surface area contributed by atoms with E-state index in [1.165, 1.54) is 23.1 Å². The number of hydrogen-bond acceptors (Lipinski definition) is 4. The number of hydrogen-bond donors (Lipinski definition) is 0. The Hall–Kier alpha value is -2.42. The molecule has 0 aliphatic heterocycles. The van der Waals surface area contributed by atoms with Gasteiger partial charge in [0, 0.05) is 12.1 Å². The summed E-state index contributed by atoms with van der Waals surface area (Å²) in [5.41, 5.74) is -0.155. The van der Waals surface area contributed by atoms with Gasteiger partial charge in [0.05, 0.1) is 11.0 Å². The van der Waals surface area contributed by atoms with E-state index in [-0.39, 0.29) is 23.8 Å². The van der Waals surface area contributed by atoms with E-state index in [2.05, 4.69) is 0 Å². The van der Waals surface area contributed by atoms with Crippen molar-refractivity contribution in [3.63, 3.8) is 0 Å². The summed E-state index contributed by atoms with van der Waals surface area (Å²) in [6, 6.07) is 7.87. The van der Waals surface area contributed by atoms with E-state index in [1.54, 1.807) is 6.07 Å². The van der Waals surface area contributed by atoms with E-state index in [0.717, 1.165) is 25.7 Å². The van der Waals surface area contributed by atoms with E-state index in [4.69, 9.17) is 5.26 Å². The molecule has 0 unspecified atom stereocenters. The van der Waals surface area contributed by atoms with Gasteiger partial charge in [0.2, 0.25) is 0 Å². The maximum atomic E-state index is 12.5. The van der Waals surface area contributed by atoms with Gasteiger partial charge >= 0.3 is 0 Å². The Balaban J connectivity index is 2.32. The summed E-state index contributed by atoms with van der Waals surface area (Å²) >= 11 is 0. The van der Waals surface area contributed by atoms with E-state index in [1.807, 2.05) is 6.07 Å². The van der Waals surface area contributed by atoms with Crippen LogP contribution in [-0.2, 0) is 0 Å². The number of nitrogens with zero attached hydrogens (tertiary/aromatic N) is 3. The number of carbonyl (C=O) groups excluding carboxylic acids is 1. The largest absolute Gasteiger partial charge is 0.322 e. The molecule has 1 fully saturated rings. The monoisotopic (exact) mass is 273 g/mol. The molecule has 0 aromatic heterocycles. The van der Waals surface area contributed by atoms with Crippen molar-refractivity contribution in [3.8, 4) is 6.07 Å². The molecule has 1 aromatic rings. The molecule has 0 N–H and O–H groups in total. The van der Waals surface area contributed by atoms with Crippen LogP contribution < -0.4 is 0 Å². The Kier molecular flexibility index (Phi) is 4.31. The lowest BCUT2D eigenvalue weighted by Gasteiger charge is -2.26. The molecule has 0 radical (unpaired) electrons. The van der Waals surface area contributed by atoms with Crippen LogP contribution in [0.25, 0.3) is 0 Å². The molecule has 6 nitrogen and oxygen atoms in total. The second-order valence-electron chi connectivity index (χ2n) is 4.80. The number of rotatable bonds is 4. The normalized spacial score (nSPS) is 14.8. The minimum atomic E-state index is -0.563. The fourth-order valence-electron chi connectivity index (χ4n) is 2.63. The lowest BCUT2D eigenvalue weighted by molar-refractivity contribution is -0.385. The number of benzene rings is 1. The van der Waals surface area contributed by atoms with Crippen molar-refractivity contribution in [2.75, 3.05) is 6.54 Å². The smallest absolute Gasteiger partial charge is 0.282 e. The van der Waals surface area contributed by atoms with Crippen LogP contribution in [0, 0.1) is 21.4 Å². The van der Waals surface area contributed by atoms with Crippen molar-refractivity contribution in [2.45, 2.75) is 31.7 Å². The predicted molar refractivity (Wildman–Crippen MR) is 72.0 cm³/mol. The van der Waals surface area contributed by atoms with Gasteiger partial charge in [-0.25, -0.2) is 0 Å². The summed E-state index contributed by atoms with van der Waals surface area (Å²) in [7, 11) is 0. The van der Waals surface area contributed by atoms with Crippen LogP contribution in [-0.4, -0.2) is 28.3 Å². The molecular weight excluding hydrogens is 258 g/mol. The third kappa shape index (κ3) is 2.77. The van der Waals surface area contributed by atoms with Crippen molar-refractivity contribution in [1.29, 1.82) is 5.26 Å². The summed E-state index contributed by atoms with van der Waals surface area (Å²) < 4.78 is 0. The topological polar surface area (TPSA) is 87.2 Å². The highest BCUT2D eigenvalue weighted by Crippen LogP contribution is 2.27. The Morgan fingerprint density at radius 2 is 2.05 bits per heavy atom. The van der Waals surface area contributed by atoms with Crippen molar-refractivity contribution in [2.24, 2.45) is 0 Å². The molecule has 0 bridgehead atoms. The summed E-state index contributed by atoms with van der Waals surface area (Å²) in [5, 5.41) is 19.9. The third-order valence-electron chi connectivity index (χ3n) is 3.60. The lowest BCUT2D eigenvalue weighted by Crippen LogP contribution is -2.39. The predicted octanol–water partition coefficient (Wildman–Crippen LogP) is 2.50. The molecule has 0 spiro atoms. The average Bonchev–Trinajstić information content (AvgIpc) is 2.98. The highest BCUT2D eigenvalue weighted by Gasteiger charge is 2.30. The van der Waals surface area contributed by atoms with Crippen molar-refractivity contribution >= 4 is 11.6 Å². The highest BCUT2D eigenvalue weighted by atomic mass is 16.6. The molecule has 20 heavy (non-hydrogen) atoms. The lowest BCUT2D eigenvalue weighted by atomic mass is 10.1. The molecule has 0 atom stereocenters. The number of nitriles is 1. The van der Waals surface area contributed by atoms with Gasteiger partial charge in [0.15, 0.2) is 0 Å². The third-order valence-corrected chi connectivity index (χ3v) is 3.60. The Morgan fingerprint density at radius 1 is 1.40 bits per heavy atom. The molecule has 0 heterocycles. The van der Waals surface area contributed by atoms with E-state index in [0.29, 0.717) is 0 Å². The van der Waals surface area contributed by atoms with E-state index in [9.17, 15) is 14.9 Å². The van der Waals surface area contributed by atoms with Gasteiger partial charge in [-0.1, -0.05) is 25.0 Å². The first-order chi connectivity index (χ1) is 9.65. The van der Waals surface area contributed by atoms with Gasteiger partial charge in [0.25, 0.3) is 11.6 Å². The fraction of sp³-hybridized carbons (Fsp3) is 0.429. The molecule has 1 aliphatic carbocycles. The number of nitro groups is 1. The zero-order chi connectivity index (χ0) is 14.5. The Morgan fingerprint density at radius 3 is 2.65 bits per heavy atom. The quantitative estimate of drug-likeness (QED) is 0.479. The maximum absolute atomic E-state index is 12.5. The van der Waals surface area contributed by atoms with Gasteiger partial charge in [-0.3, -0.25) is 14.9 Å². The highest BCUT2D eigenvalue weighted by molar-refractivity contribution is 5.98. The zero-order valence-electron chi connectivity index (χ0n) is 11.0. The standard InChI is InChI=1S/C14H15N3O3/c15-9-10-16(11-5-1-2-6-11)14(18)12-7-3-4-8-13(12)17(19)20/h3-4,7-8,11H,1-2,5-6,10H2. The zero-order valence-corrected chi connectivity index (χ0v) is 11.0. The first-order valence-electron chi connectivity index (χ1n) is 6.56.